The maximum atomic E-state index is 14.2. The van der Waals surface area contributed by atoms with Gasteiger partial charge in [-0.1, -0.05) is 36.4 Å². The topological polar surface area (TPSA) is 62.6 Å². The summed E-state index contributed by atoms with van der Waals surface area (Å²) in [7, 11) is 0. The number of benzene rings is 2. The molecule has 0 bridgehead atoms. The first-order chi connectivity index (χ1) is 16.0. The lowest BCUT2D eigenvalue weighted by molar-refractivity contribution is -0.136. The molecule has 1 fully saturated rings. The molecule has 3 aromatic rings. The Bertz CT molecular complexity index is 1300. The number of hydrogen-bond acceptors (Lipinski definition) is 4. The smallest absolute Gasteiger partial charge is 0.294 e. The second kappa shape index (κ2) is 8.71. The molecule has 8 heteroatoms. The van der Waals surface area contributed by atoms with Gasteiger partial charge in [-0.2, -0.15) is 0 Å². The zero-order chi connectivity index (χ0) is 22.9. The van der Waals surface area contributed by atoms with Gasteiger partial charge in [0, 0.05) is 25.0 Å². The third kappa shape index (κ3) is 4.09. The highest BCUT2D eigenvalue weighted by Crippen LogP contribution is 2.33. The summed E-state index contributed by atoms with van der Waals surface area (Å²) in [4.78, 5) is 41.2. The minimum absolute atomic E-state index is 0.202. The lowest BCUT2D eigenvalue weighted by Crippen LogP contribution is -2.44. The normalized spacial score (nSPS) is 17.1. The number of imide groups is 1. The van der Waals surface area contributed by atoms with Crippen molar-refractivity contribution in [1.82, 2.24) is 14.4 Å². The zero-order valence-electron chi connectivity index (χ0n) is 17.6. The third-order valence-electron chi connectivity index (χ3n) is 5.82. The van der Waals surface area contributed by atoms with Crippen LogP contribution in [-0.2, 0) is 22.6 Å². The van der Waals surface area contributed by atoms with Gasteiger partial charge in [-0.25, -0.2) is 4.39 Å². The van der Waals surface area contributed by atoms with Crippen LogP contribution in [0.4, 0.5) is 9.18 Å². The van der Waals surface area contributed by atoms with Crippen molar-refractivity contribution in [2.75, 3.05) is 13.1 Å². The molecule has 1 aromatic heterocycles. The quantitative estimate of drug-likeness (QED) is 0.546. The van der Waals surface area contributed by atoms with Crippen LogP contribution in [0.15, 0.2) is 71.8 Å². The molecule has 3 amide bonds. The zero-order valence-corrected chi connectivity index (χ0v) is 18.4. The lowest BCUT2D eigenvalue weighted by Gasteiger charge is -2.29. The van der Waals surface area contributed by atoms with Crippen molar-refractivity contribution in [3.05, 3.63) is 94.4 Å². The van der Waals surface area contributed by atoms with E-state index in [1.165, 1.54) is 11.6 Å². The summed E-state index contributed by atoms with van der Waals surface area (Å²) >= 11 is 0.786. The van der Waals surface area contributed by atoms with Gasteiger partial charge in [0.05, 0.1) is 10.6 Å². The number of carbonyl (C=O) groups is 3. The molecule has 0 atom stereocenters. The highest BCUT2D eigenvalue weighted by molar-refractivity contribution is 8.18. The SMILES string of the molecule is O=C(CN1C(=O)S/C(=C\c2cccn2-c2ccccc2F)C1=O)N1CCc2ccccc2C1. The number of para-hydroxylation sites is 1. The molecule has 166 valence electrons. The van der Waals surface area contributed by atoms with Crippen LogP contribution in [0, 0.1) is 5.82 Å². The van der Waals surface area contributed by atoms with Gasteiger partial charge < -0.3 is 9.47 Å². The van der Waals surface area contributed by atoms with Gasteiger partial charge in [0.2, 0.25) is 5.91 Å². The number of rotatable bonds is 4. The molecule has 0 radical (unpaired) electrons. The molecule has 2 aromatic carbocycles. The van der Waals surface area contributed by atoms with Crippen molar-refractivity contribution in [2.24, 2.45) is 0 Å². The van der Waals surface area contributed by atoms with Gasteiger partial charge >= 0.3 is 0 Å². The van der Waals surface area contributed by atoms with E-state index in [9.17, 15) is 18.8 Å². The van der Waals surface area contributed by atoms with Crippen LogP contribution in [0.2, 0.25) is 0 Å². The van der Waals surface area contributed by atoms with Crippen LogP contribution in [0.3, 0.4) is 0 Å². The van der Waals surface area contributed by atoms with Gasteiger partial charge in [0.1, 0.15) is 12.4 Å². The predicted molar refractivity (Wildman–Crippen MR) is 124 cm³/mol. The maximum Gasteiger partial charge on any atom is 0.294 e. The van der Waals surface area contributed by atoms with E-state index in [1.54, 1.807) is 52.1 Å². The number of nitrogens with zero attached hydrogens (tertiary/aromatic N) is 3. The molecule has 0 unspecified atom stereocenters. The van der Waals surface area contributed by atoms with E-state index >= 15 is 0 Å². The lowest BCUT2D eigenvalue weighted by atomic mass is 10.00. The van der Waals surface area contributed by atoms with E-state index < -0.39 is 17.0 Å². The van der Waals surface area contributed by atoms with Gasteiger partial charge in [0.25, 0.3) is 11.1 Å². The molecule has 0 N–H and O–H groups in total. The monoisotopic (exact) mass is 461 g/mol. The van der Waals surface area contributed by atoms with E-state index in [0.29, 0.717) is 24.5 Å². The van der Waals surface area contributed by atoms with E-state index in [-0.39, 0.29) is 17.4 Å². The Hall–Kier alpha value is -3.65. The molecule has 5 rings (SSSR count). The summed E-state index contributed by atoms with van der Waals surface area (Å²) in [6.45, 7) is 0.730. The first-order valence-corrected chi connectivity index (χ1v) is 11.3. The second-order valence-electron chi connectivity index (χ2n) is 7.86. The Labute approximate surface area is 194 Å². The van der Waals surface area contributed by atoms with E-state index in [0.717, 1.165) is 28.6 Å². The number of hydrogen-bond donors (Lipinski definition) is 0. The molecule has 2 aliphatic heterocycles. The highest BCUT2D eigenvalue weighted by atomic mass is 32.2. The number of aromatic nitrogens is 1. The molecule has 0 aliphatic carbocycles. The molecular weight excluding hydrogens is 441 g/mol. The molecule has 3 heterocycles. The average Bonchev–Trinajstić information content (AvgIpc) is 3.39. The number of carbonyl (C=O) groups excluding carboxylic acids is 3. The molecule has 2 aliphatic rings. The third-order valence-corrected chi connectivity index (χ3v) is 6.73. The summed E-state index contributed by atoms with van der Waals surface area (Å²) in [5.41, 5.74) is 3.20. The largest absolute Gasteiger partial charge is 0.336 e. The fraction of sp³-hybridized carbons (Fsp3) is 0.160. The molecule has 6 nitrogen and oxygen atoms in total. The number of fused-ring (bicyclic) bond motifs is 1. The number of halogens is 1. The van der Waals surface area contributed by atoms with Gasteiger partial charge in [0.15, 0.2) is 0 Å². The molecule has 1 saturated heterocycles. The van der Waals surface area contributed by atoms with Gasteiger partial charge in [-0.3, -0.25) is 19.3 Å². The Morgan fingerprint density at radius 3 is 2.58 bits per heavy atom. The summed E-state index contributed by atoms with van der Waals surface area (Å²) < 4.78 is 15.9. The predicted octanol–water partition coefficient (Wildman–Crippen LogP) is 4.24. The maximum absolute atomic E-state index is 14.2. The van der Waals surface area contributed by atoms with Crippen molar-refractivity contribution in [1.29, 1.82) is 0 Å². The van der Waals surface area contributed by atoms with Crippen LogP contribution in [0.5, 0.6) is 0 Å². The van der Waals surface area contributed by atoms with Crippen molar-refractivity contribution in [2.45, 2.75) is 13.0 Å². The first-order valence-electron chi connectivity index (χ1n) is 10.5. The van der Waals surface area contributed by atoms with Gasteiger partial charge in [-0.05, 0) is 59.7 Å². The Morgan fingerprint density at radius 2 is 1.76 bits per heavy atom. The van der Waals surface area contributed by atoms with Crippen LogP contribution >= 0.6 is 11.8 Å². The number of amides is 3. The highest BCUT2D eigenvalue weighted by Gasteiger charge is 2.37. The van der Waals surface area contributed by atoms with Crippen molar-refractivity contribution in [3.8, 4) is 5.69 Å². The first kappa shape index (κ1) is 21.2. The standard InChI is InChI=1S/C25H20FN3O3S/c26-20-9-3-4-10-21(20)28-12-5-8-19(28)14-22-24(31)29(25(32)33-22)16-23(30)27-13-11-17-6-1-2-7-18(17)15-27/h1-10,12,14H,11,13,15-16H2/b22-14-. The molecule has 33 heavy (non-hydrogen) atoms. The fourth-order valence-corrected chi connectivity index (χ4v) is 4.92. The Kier molecular flexibility index (Phi) is 5.60. The minimum atomic E-state index is -0.517. The summed E-state index contributed by atoms with van der Waals surface area (Å²) in [5, 5.41) is -0.485. The van der Waals surface area contributed by atoms with Crippen molar-refractivity contribution in [3.63, 3.8) is 0 Å². The minimum Gasteiger partial charge on any atom is -0.336 e. The fourth-order valence-electron chi connectivity index (χ4n) is 4.09. The summed E-state index contributed by atoms with van der Waals surface area (Å²) in [6, 6.07) is 17.7. The Morgan fingerprint density at radius 1 is 1.00 bits per heavy atom. The van der Waals surface area contributed by atoms with E-state index in [2.05, 4.69) is 6.07 Å². The van der Waals surface area contributed by atoms with Crippen molar-refractivity contribution >= 4 is 34.9 Å². The summed E-state index contributed by atoms with van der Waals surface area (Å²) in [6.07, 6.45) is 3.99. The van der Waals surface area contributed by atoms with E-state index in [4.69, 9.17) is 0 Å². The molecule has 0 saturated carbocycles. The Balaban J connectivity index is 1.32. The van der Waals surface area contributed by atoms with Crippen LogP contribution < -0.4 is 0 Å². The second-order valence-corrected chi connectivity index (χ2v) is 8.85. The summed E-state index contributed by atoms with van der Waals surface area (Å²) in [5.74, 6) is -1.18. The van der Waals surface area contributed by atoms with Crippen molar-refractivity contribution < 1.29 is 18.8 Å². The average molecular weight is 462 g/mol. The number of thioether (sulfide) groups is 1. The molecule has 0 spiro atoms. The van der Waals surface area contributed by atoms with E-state index in [1.807, 2.05) is 18.2 Å². The van der Waals surface area contributed by atoms with Crippen LogP contribution in [0.1, 0.15) is 16.8 Å². The van der Waals surface area contributed by atoms with Gasteiger partial charge in [-0.15, -0.1) is 0 Å². The molecular formula is C25H20FN3O3S. The van der Waals surface area contributed by atoms with Crippen LogP contribution in [0.25, 0.3) is 11.8 Å². The van der Waals surface area contributed by atoms with Crippen LogP contribution in [-0.4, -0.2) is 44.5 Å².